The Morgan fingerprint density at radius 3 is 2.00 bits per heavy atom. The van der Waals surface area contributed by atoms with E-state index in [4.69, 9.17) is 0 Å². The molecule has 2 aromatic rings. The summed E-state index contributed by atoms with van der Waals surface area (Å²) in [5, 5.41) is 2.83. The molecular weight excluding hydrogens is 266 g/mol. The van der Waals surface area contributed by atoms with Crippen LogP contribution in [0.25, 0.3) is 0 Å². The van der Waals surface area contributed by atoms with Gasteiger partial charge in [0.05, 0.1) is 0 Å². The van der Waals surface area contributed by atoms with Crippen LogP contribution in [0.3, 0.4) is 0 Å². The fourth-order valence-corrected chi connectivity index (χ4v) is 1.13. The molecule has 2 rings (SSSR count). The van der Waals surface area contributed by atoms with Crippen molar-refractivity contribution in [1.29, 1.82) is 0 Å². The molecule has 0 aromatic heterocycles. The second kappa shape index (κ2) is 8.62. The summed E-state index contributed by atoms with van der Waals surface area (Å²) in [5.41, 5.74) is 0.968. The van der Waals surface area contributed by atoms with E-state index in [-0.39, 0.29) is 17.1 Å². The molecule has 0 spiro atoms. The topological polar surface area (TPSA) is 12.0 Å². The Morgan fingerprint density at radius 2 is 1.67 bits per heavy atom. The smallest absolute Gasteiger partial charge is 0.471 e. The molecule has 0 aliphatic carbocycles. The van der Waals surface area contributed by atoms with Gasteiger partial charge in [-0.2, -0.15) is 30.3 Å². The number of anilines is 1. The van der Waals surface area contributed by atoms with Crippen molar-refractivity contribution < 1.29 is 17.1 Å². The fourth-order valence-electron chi connectivity index (χ4n) is 0.896. The van der Waals surface area contributed by atoms with E-state index in [1.54, 1.807) is 0 Å². The van der Waals surface area contributed by atoms with Crippen LogP contribution in [0.4, 0.5) is 5.69 Å². The summed E-state index contributed by atoms with van der Waals surface area (Å²) in [4.78, 5) is 0. The summed E-state index contributed by atoms with van der Waals surface area (Å²) < 4.78 is 0.390. The zero-order valence-corrected chi connectivity index (χ0v) is 10.6. The van der Waals surface area contributed by atoms with Gasteiger partial charge in [-0.1, -0.05) is 5.69 Å². The predicted octanol–water partition coefficient (Wildman–Crippen LogP) is 3.05. The maximum absolute atomic E-state index is 4.65. The van der Waals surface area contributed by atoms with Gasteiger partial charge in [-0.25, -0.2) is 12.1 Å². The Bertz CT molecular complexity index is 323. The Labute approximate surface area is 111 Å². The van der Waals surface area contributed by atoms with Crippen molar-refractivity contribution in [2.45, 2.75) is 0 Å². The predicted molar refractivity (Wildman–Crippen MR) is 67.7 cm³/mol. The first kappa shape index (κ1) is 14.3. The maximum Gasteiger partial charge on any atom is 3.00 e. The number of rotatable bonds is 1. The van der Waals surface area contributed by atoms with Crippen LogP contribution >= 0.6 is 12.2 Å². The molecule has 1 nitrogen and oxygen atoms in total. The first-order valence-corrected chi connectivity index (χ1v) is 4.97. The van der Waals surface area contributed by atoms with Crippen molar-refractivity contribution in [2.75, 3.05) is 5.32 Å². The normalized spacial score (nSPS) is 8.00. The van der Waals surface area contributed by atoms with Crippen molar-refractivity contribution >= 4 is 34.9 Å². The summed E-state index contributed by atoms with van der Waals surface area (Å²) in [6.07, 6.45) is 0. The van der Waals surface area contributed by atoms with Crippen LogP contribution in [0.5, 0.6) is 0 Å². The molecule has 15 heavy (non-hydrogen) atoms. The van der Waals surface area contributed by atoms with Crippen molar-refractivity contribution in [3.8, 4) is 0 Å². The van der Waals surface area contributed by atoms with Gasteiger partial charge in [-0.15, -0.1) is 16.5 Å². The third-order valence-electron chi connectivity index (χ3n) is 1.46. The number of hydrogen-bond acceptors (Lipinski definition) is 2. The van der Waals surface area contributed by atoms with E-state index in [1.165, 1.54) is 0 Å². The standard InChI is InChI=1S/C6H6NS2.C5H5.Fe/c8-6(9)7-5-3-1-2-4-5;1-2-4-5-3-1;/h1-4H,(H2,7,8,9);1-5H;/q2*-1;+3/p-1. The van der Waals surface area contributed by atoms with Gasteiger partial charge >= 0.3 is 17.1 Å². The van der Waals surface area contributed by atoms with E-state index in [0.717, 1.165) is 5.69 Å². The molecule has 0 unspecified atom stereocenters. The van der Waals surface area contributed by atoms with Crippen LogP contribution in [-0.2, 0) is 29.7 Å². The minimum absolute atomic E-state index is 0. The largest absolute Gasteiger partial charge is 3.00 e. The van der Waals surface area contributed by atoms with E-state index in [1.807, 2.05) is 54.6 Å². The van der Waals surface area contributed by atoms with Gasteiger partial charge in [-0.3, -0.25) is 0 Å². The van der Waals surface area contributed by atoms with E-state index in [2.05, 4.69) is 30.2 Å². The molecule has 0 atom stereocenters. The van der Waals surface area contributed by atoms with Gasteiger partial charge in [-0.05, 0) is 0 Å². The van der Waals surface area contributed by atoms with Crippen molar-refractivity contribution in [2.24, 2.45) is 0 Å². The average Bonchev–Trinajstić information content (AvgIpc) is 2.75. The molecule has 4 heteroatoms. The van der Waals surface area contributed by atoms with E-state index in [0.29, 0.717) is 4.32 Å². The van der Waals surface area contributed by atoms with Crippen LogP contribution in [0.2, 0.25) is 0 Å². The van der Waals surface area contributed by atoms with Gasteiger partial charge in [0.2, 0.25) is 0 Å². The van der Waals surface area contributed by atoms with Crippen molar-refractivity contribution in [1.82, 2.24) is 0 Å². The number of thiocarbonyl (C=S) groups is 1. The summed E-state index contributed by atoms with van der Waals surface area (Å²) in [6.45, 7) is 0. The summed E-state index contributed by atoms with van der Waals surface area (Å²) in [5.74, 6) is 0. The Balaban J connectivity index is 0.000000280. The summed E-state index contributed by atoms with van der Waals surface area (Å²) in [7, 11) is 0. The van der Waals surface area contributed by atoms with Crippen molar-refractivity contribution in [3.63, 3.8) is 0 Å². The third-order valence-corrected chi connectivity index (χ3v) is 1.67. The molecule has 0 saturated heterocycles. The monoisotopic (exact) mass is 276 g/mol. The Kier molecular flexibility index (Phi) is 8.24. The molecule has 0 fully saturated rings. The van der Waals surface area contributed by atoms with Crippen LogP contribution in [0.15, 0.2) is 54.6 Å². The Morgan fingerprint density at radius 1 is 1.13 bits per heavy atom. The molecule has 0 saturated carbocycles. The molecule has 0 heterocycles. The molecular formula is C11H10FeNS2. The van der Waals surface area contributed by atoms with E-state index in [9.17, 15) is 0 Å². The summed E-state index contributed by atoms with van der Waals surface area (Å²) in [6, 6.07) is 17.7. The zero-order valence-electron chi connectivity index (χ0n) is 7.87. The molecule has 0 amide bonds. The fraction of sp³-hybridized carbons (Fsp3) is 0. The quantitative estimate of drug-likeness (QED) is 0.372. The average molecular weight is 276 g/mol. The van der Waals surface area contributed by atoms with E-state index < -0.39 is 0 Å². The minimum atomic E-state index is 0. The minimum Gasteiger partial charge on any atom is -0.471 e. The first-order chi connectivity index (χ1) is 6.79. The zero-order chi connectivity index (χ0) is 10.2. The van der Waals surface area contributed by atoms with Crippen LogP contribution < -0.4 is 5.32 Å². The number of nitrogens with one attached hydrogen (secondary N) is 1. The molecule has 0 aliphatic rings. The van der Waals surface area contributed by atoms with Gasteiger partial charge in [0.1, 0.15) is 0 Å². The van der Waals surface area contributed by atoms with Gasteiger partial charge in [0.25, 0.3) is 0 Å². The van der Waals surface area contributed by atoms with Crippen LogP contribution in [-0.4, -0.2) is 4.32 Å². The van der Waals surface area contributed by atoms with Gasteiger partial charge < -0.3 is 30.2 Å². The first-order valence-electron chi connectivity index (χ1n) is 4.15. The summed E-state index contributed by atoms with van der Waals surface area (Å²) >= 11 is 9.29. The third kappa shape index (κ3) is 7.28. The molecule has 79 valence electrons. The SMILES string of the molecule is S=C([S-])N[c-]1cccc1.[Fe+3].c1cc[cH-]c1. The second-order valence-electron chi connectivity index (χ2n) is 2.55. The number of hydrogen-bond donors (Lipinski definition) is 1. The second-order valence-corrected chi connectivity index (χ2v) is 3.62. The molecule has 0 aliphatic heterocycles. The molecule has 2 aromatic carbocycles. The van der Waals surface area contributed by atoms with Gasteiger partial charge in [0.15, 0.2) is 0 Å². The molecule has 1 radical (unpaired) electrons. The van der Waals surface area contributed by atoms with Crippen molar-refractivity contribution in [3.05, 3.63) is 54.6 Å². The van der Waals surface area contributed by atoms with E-state index >= 15 is 0 Å². The Hall–Kier alpha value is -0.671. The van der Waals surface area contributed by atoms with Gasteiger partial charge in [0, 0.05) is 0 Å². The maximum atomic E-state index is 4.65. The van der Waals surface area contributed by atoms with Crippen LogP contribution in [0, 0.1) is 0 Å². The molecule has 1 N–H and O–H groups in total. The molecule has 0 bridgehead atoms. The van der Waals surface area contributed by atoms with Crippen LogP contribution in [0.1, 0.15) is 0 Å².